The van der Waals surface area contributed by atoms with E-state index >= 15 is 0 Å². The summed E-state index contributed by atoms with van der Waals surface area (Å²) >= 11 is 0. The number of β-amino-alcohol motifs (C(OH)–C–C–N with tert-alkyl or cyclic N) is 1. The van der Waals surface area contributed by atoms with Gasteiger partial charge >= 0.3 is 0 Å². The molecule has 0 saturated carbocycles. The fraction of sp³-hybridized carbons (Fsp3) is 0.417. The molecule has 1 saturated heterocycles. The number of aliphatic hydroxyl groups is 1. The Kier molecular flexibility index (Phi) is 6.50. The first kappa shape index (κ1) is 22.0. The van der Waals surface area contributed by atoms with Gasteiger partial charge in [-0.05, 0) is 36.2 Å². The number of nitrogens with zero attached hydrogens (tertiary/aromatic N) is 1. The third-order valence-corrected chi connectivity index (χ3v) is 5.97. The fourth-order valence-electron chi connectivity index (χ4n) is 4.17. The average Bonchev–Trinajstić information content (AvgIpc) is 2.80. The van der Waals surface area contributed by atoms with Gasteiger partial charge in [0.25, 0.3) is 0 Å². The van der Waals surface area contributed by atoms with Crippen molar-refractivity contribution in [1.29, 1.82) is 0 Å². The molecule has 2 atom stereocenters. The molecular weight excluding hydrogens is 412 g/mol. The largest absolute Gasteiger partial charge is 0.497 e. The molecule has 0 radical (unpaired) electrons. The standard InChI is InChI=1S/C24H28N2O6/c1-30-17-6-7-21(31-2)16(11-17)12-24(29)26-10-9-22(20(27)14-26)32-18-5-3-15-4-8-23(28)25-19(15)13-18/h3,5-7,11,13,20,22,27H,4,8-10,12,14H2,1-2H3,(H,25,28)/t20-,22-/m1/s1. The lowest BCUT2D eigenvalue weighted by molar-refractivity contribution is -0.136. The molecule has 0 spiro atoms. The van der Waals surface area contributed by atoms with Crippen LogP contribution in [0.3, 0.4) is 0 Å². The summed E-state index contributed by atoms with van der Waals surface area (Å²) in [6.07, 6.45) is 0.616. The van der Waals surface area contributed by atoms with Crippen molar-refractivity contribution in [3.05, 3.63) is 47.5 Å². The number of aryl methyl sites for hydroxylation is 1. The van der Waals surface area contributed by atoms with E-state index in [9.17, 15) is 14.7 Å². The normalized spacial score (nSPS) is 20.2. The van der Waals surface area contributed by atoms with Crippen LogP contribution >= 0.6 is 0 Å². The van der Waals surface area contributed by atoms with Gasteiger partial charge in [-0.3, -0.25) is 9.59 Å². The second kappa shape index (κ2) is 9.48. The molecule has 170 valence electrons. The van der Waals surface area contributed by atoms with E-state index in [0.717, 1.165) is 16.8 Å². The molecule has 32 heavy (non-hydrogen) atoms. The number of rotatable bonds is 6. The average molecular weight is 440 g/mol. The summed E-state index contributed by atoms with van der Waals surface area (Å²) in [5.41, 5.74) is 2.57. The van der Waals surface area contributed by atoms with Crippen molar-refractivity contribution in [1.82, 2.24) is 4.90 Å². The minimum atomic E-state index is -0.814. The molecule has 2 aromatic carbocycles. The molecule has 4 rings (SSSR count). The van der Waals surface area contributed by atoms with Crippen LogP contribution in [0.15, 0.2) is 36.4 Å². The molecule has 2 amide bonds. The van der Waals surface area contributed by atoms with Gasteiger partial charge in [0.2, 0.25) is 11.8 Å². The third-order valence-electron chi connectivity index (χ3n) is 5.97. The number of anilines is 1. The SMILES string of the molecule is COc1ccc(OC)c(CC(=O)N2CC[C@@H](Oc3ccc4c(c3)NC(=O)CC4)[C@H](O)C2)c1. The highest BCUT2D eigenvalue weighted by Crippen LogP contribution is 2.29. The summed E-state index contributed by atoms with van der Waals surface area (Å²) in [5.74, 6) is 1.77. The molecule has 8 nitrogen and oxygen atoms in total. The Morgan fingerprint density at radius 2 is 1.94 bits per heavy atom. The number of aliphatic hydroxyl groups excluding tert-OH is 1. The molecular formula is C24H28N2O6. The highest BCUT2D eigenvalue weighted by Gasteiger charge is 2.32. The molecule has 0 aliphatic carbocycles. The number of carbonyl (C=O) groups excluding carboxylic acids is 2. The van der Waals surface area contributed by atoms with Crippen LogP contribution in [0.25, 0.3) is 0 Å². The molecule has 2 N–H and O–H groups in total. The highest BCUT2D eigenvalue weighted by atomic mass is 16.5. The van der Waals surface area contributed by atoms with Crippen LogP contribution in [0.2, 0.25) is 0 Å². The van der Waals surface area contributed by atoms with Crippen molar-refractivity contribution in [2.45, 2.75) is 37.9 Å². The van der Waals surface area contributed by atoms with Gasteiger partial charge in [-0.1, -0.05) is 6.07 Å². The molecule has 2 aliphatic rings. The van der Waals surface area contributed by atoms with E-state index in [-0.39, 0.29) is 24.8 Å². The summed E-state index contributed by atoms with van der Waals surface area (Å²) in [4.78, 5) is 26.2. The maximum Gasteiger partial charge on any atom is 0.227 e. The monoisotopic (exact) mass is 440 g/mol. The van der Waals surface area contributed by atoms with Crippen LogP contribution in [0, 0.1) is 0 Å². The summed E-state index contributed by atoms with van der Waals surface area (Å²) in [6.45, 7) is 0.673. The van der Waals surface area contributed by atoms with E-state index in [1.54, 1.807) is 43.4 Å². The lowest BCUT2D eigenvalue weighted by atomic mass is 10.0. The van der Waals surface area contributed by atoms with Gasteiger partial charge in [0.15, 0.2) is 0 Å². The van der Waals surface area contributed by atoms with Crippen LogP contribution in [-0.4, -0.2) is 61.3 Å². The van der Waals surface area contributed by atoms with Crippen molar-refractivity contribution < 1.29 is 28.9 Å². The molecule has 0 unspecified atom stereocenters. The van der Waals surface area contributed by atoms with E-state index < -0.39 is 12.2 Å². The van der Waals surface area contributed by atoms with Crippen LogP contribution in [0.5, 0.6) is 17.2 Å². The minimum Gasteiger partial charge on any atom is -0.497 e. The Bertz CT molecular complexity index is 1010. The zero-order valence-electron chi connectivity index (χ0n) is 18.3. The molecule has 8 heteroatoms. The number of fused-ring (bicyclic) bond motifs is 1. The van der Waals surface area contributed by atoms with Crippen LogP contribution in [-0.2, 0) is 22.4 Å². The first-order valence-electron chi connectivity index (χ1n) is 10.7. The third kappa shape index (κ3) is 4.80. The Morgan fingerprint density at radius 3 is 2.69 bits per heavy atom. The topological polar surface area (TPSA) is 97.3 Å². The highest BCUT2D eigenvalue weighted by molar-refractivity contribution is 5.94. The van der Waals surface area contributed by atoms with Gasteiger partial charge in [-0.2, -0.15) is 0 Å². The van der Waals surface area contributed by atoms with Gasteiger partial charge in [-0.25, -0.2) is 0 Å². The van der Waals surface area contributed by atoms with Crippen LogP contribution < -0.4 is 19.5 Å². The first-order chi connectivity index (χ1) is 15.5. The summed E-state index contributed by atoms with van der Waals surface area (Å²) in [7, 11) is 3.14. The number of piperidine rings is 1. The zero-order chi connectivity index (χ0) is 22.7. The van der Waals surface area contributed by atoms with E-state index in [1.807, 2.05) is 12.1 Å². The predicted molar refractivity (Wildman–Crippen MR) is 118 cm³/mol. The van der Waals surface area contributed by atoms with Gasteiger partial charge in [0.05, 0.1) is 27.2 Å². The number of hydrogen-bond acceptors (Lipinski definition) is 6. The van der Waals surface area contributed by atoms with Crippen molar-refractivity contribution >= 4 is 17.5 Å². The number of methoxy groups -OCH3 is 2. The van der Waals surface area contributed by atoms with Gasteiger partial charge in [0.1, 0.15) is 29.5 Å². The second-order valence-electron chi connectivity index (χ2n) is 8.07. The van der Waals surface area contributed by atoms with Crippen LogP contribution in [0.1, 0.15) is 24.0 Å². The Balaban J connectivity index is 1.37. The molecule has 2 aliphatic heterocycles. The maximum absolute atomic E-state index is 12.9. The quantitative estimate of drug-likeness (QED) is 0.715. The smallest absolute Gasteiger partial charge is 0.227 e. The molecule has 1 fully saturated rings. The van der Waals surface area contributed by atoms with Crippen molar-refractivity contribution in [2.75, 3.05) is 32.6 Å². The Hall–Kier alpha value is -3.26. The number of hydrogen-bond donors (Lipinski definition) is 2. The Morgan fingerprint density at radius 1 is 1.12 bits per heavy atom. The molecule has 2 aromatic rings. The van der Waals surface area contributed by atoms with Crippen molar-refractivity contribution in [3.63, 3.8) is 0 Å². The summed E-state index contributed by atoms with van der Waals surface area (Å²) in [5, 5.41) is 13.5. The molecule has 0 bridgehead atoms. The van der Waals surface area contributed by atoms with E-state index in [1.165, 1.54) is 0 Å². The van der Waals surface area contributed by atoms with Gasteiger partial charge < -0.3 is 29.5 Å². The maximum atomic E-state index is 12.9. The minimum absolute atomic E-state index is 0.00540. The predicted octanol–water partition coefficient (Wildman–Crippen LogP) is 2.17. The summed E-state index contributed by atoms with van der Waals surface area (Å²) in [6, 6.07) is 10.9. The fourth-order valence-corrected chi connectivity index (χ4v) is 4.17. The number of likely N-dealkylation sites (tertiary alicyclic amines) is 1. The van der Waals surface area contributed by atoms with Gasteiger partial charge in [-0.15, -0.1) is 0 Å². The lowest BCUT2D eigenvalue weighted by Crippen LogP contribution is -2.51. The zero-order valence-corrected chi connectivity index (χ0v) is 18.3. The van der Waals surface area contributed by atoms with Crippen molar-refractivity contribution in [3.8, 4) is 17.2 Å². The Labute approximate surface area is 187 Å². The van der Waals surface area contributed by atoms with Crippen molar-refractivity contribution in [2.24, 2.45) is 0 Å². The van der Waals surface area contributed by atoms with E-state index in [4.69, 9.17) is 14.2 Å². The molecule has 0 aromatic heterocycles. The number of benzene rings is 2. The number of nitrogens with one attached hydrogen (secondary N) is 1. The number of ether oxygens (including phenoxy) is 3. The van der Waals surface area contributed by atoms with E-state index in [0.29, 0.717) is 43.1 Å². The lowest BCUT2D eigenvalue weighted by Gasteiger charge is -2.36. The number of carbonyl (C=O) groups is 2. The molecule has 2 heterocycles. The number of amides is 2. The summed E-state index contributed by atoms with van der Waals surface area (Å²) < 4.78 is 16.6. The van der Waals surface area contributed by atoms with E-state index in [2.05, 4.69) is 5.32 Å². The van der Waals surface area contributed by atoms with Gasteiger partial charge in [0, 0.05) is 36.7 Å². The second-order valence-corrected chi connectivity index (χ2v) is 8.07. The first-order valence-corrected chi connectivity index (χ1v) is 10.7. The van der Waals surface area contributed by atoms with Crippen LogP contribution in [0.4, 0.5) is 5.69 Å².